The Kier molecular flexibility index (Phi) is 5.65. The lowest BCUT2D eigenvalue weighted by atomic mass is 10.2. The number of amides is 1. The molecule has 1 amide bonds. The number of nitrogens with zero attached hydrogens (tertiary/aromatic N) is 4. The van der Waals surface area contributed by atoms with Crippen molar-refractivity contribution in [2.45, 2.75) is 0 Å². The van der Waals surface area contributed by atoms with E-state index in [0.717, 1.165) is 22.0 Å². The number of rotatable bonds is 6. The number of anilines is 1. The van der Waals surface area contributed by atoms with Gasteiger partial charge in [-0.1, -0.05) is 59.9 Å². The van der Waals surface area contributed by atoms with Crippen LogP contribution in [-0.2, 0) is 0 Å². The van der Waals surface area contributed by atoms with Crippen molar-refractivity contribution in [3.05, 3.63) is 96.6 Å². The van der Waals surface area contributed by atoms with Crippen molar-refractivity contribution < 1.29 is 9.53 Å². The third kappa shape index (κ3) is 4.37. The van der Waals surface area contributed by atoms with E-state index in [1.54, 1.807) is 30.0 Å². The van der Waals surface area contributed by atoms with Gasteiger partial charge in [0.1, 0.15) is 22.3 Å². The number of hydrogen-bond donors (Lipinski definition) is 1. The number of methoxy groups -OCH3 is 1. The highest BCUT2D eigenvalue weighted by Gasteiger charge is 2.18. The third-order valence-electron chi connectivity index (χ3n) is 4.97. The van der Waals surface area contributed by atoms with E-state index in [9.17, 15) is 4.79 Å². The Labute approximate surface area is 194 Å². The lowest BCUT2D eigenvalue weighted by molar-refractivity contribution is 0.102. The molecule has 0 fully saturated rings. The molecule has 8 heteroatoms. The van der Waals surface area contributed by atoms with E-state index >= 15 is 0 Å². The number of aromatic nitrogens is 4. The van der Waals surface area contributed by atoms with Gasteiger partial charge in [0.25, 0.3) is 5.91 Å². The van der Waals surface area contributed by atoms with Crippen molar-refractivity contribution in [3.63, 3.8) is 0 Å². The third-order valence-corrected chi connectivity index (χ3v) is 5.96. The molecule has 0 saturated heterocycles. The molecule has 2 aromatic heterocycles. The first-order chi connectivity index (χ1) is 16.2. The minimum absolute atomic E-state index is 0.223. The summed E-state index contributed by atoms with van der Waals surface area (Å²) in [5.74, 6) is 1.04. The van der Waals surface area contributed by atoms with Crippen molar-refractivity contribution in [1.82, 2.24) is 20.0 Å². The van der Waals surface area contributed by atoms with Gasteiger partial charge in [0.2, 0.25) is 0 Å². The summed E-state index contributed by atoms with van der Waals surface area (Å²) in [5, 5.41) is 17.8. The van der Waals surface area contributed by atoms with Crippen LogP contribution in [0.3, 0.4) is 0 Å². The smallest absolute Gasteiger partial charge is 0.256 e. The zero-order chi connectivity index (χ0) is 22.6. The molecule has 3 aromatic carbocycles. The Bertz CT molecular complexity index is 1380. The van der Waals surface area contributed by atoms with Crippen LogP contribution in [0.1, 0.15) is 10.4 Å². The van der Waals surface area contributed by atoms with Gasteiger partial charge in [-0.2, -0.15) is 5.10 Å². The Morgan fingerprint density at radius 1 is 0.879 bits per heavy atom. The molecule has 5 aromatic rings. The largest absolute Gasteiger partial charge is 0.497 e. The number of carbonyl (C=O) groups is 1. The monoisotopic (exact) mass is 453 g/mol. The van der Waals surface area contributed by atoms with E-state index in [0.29, 0.717) is 22.1 Å². The van der Waals surface area contributed by atoms with Crippen molar-refractivity contribution in [1.29, 1.82) is 0 Å². The molecule has 0 aliphatic heterocycles. The normalized spacial score (nSPS) is 10.7. The minimum atomic E-state index is -0.223. The van der Waals surface area contributed by atoms with Gasteiger partial charge in [0, 0.05) is 17.2 Å². The molecule has 33 heavy (non-hydrogen) atoms. The van der Waals surface area contributed by atoms with E-state index in [-0.39, 0.29) is 5.91 Å². The quantitative estimate of drug-likeness (QED) is 0.376. The predicted octanol–water partition coefficient (Wildman–Crippen LogP) is 5.32. The Balaban J connectivity index is 1.53. The van der Waals surface area contributed by atoms with Gasteiger partial charge in [0.15, 0.2) is 5.01 Å². The second-order valence-corrected chi connectivity index (χ2v) is 8.10. The Hall–Kier alpha value is -4.30. The molecule has 162 valence electrons. The molecule has 0 saturated carbocycles. The highest BCUT2D eigenvalue weighted by molar-refractivity contribution is 7.17. The van der Waals surface area contributed by atoms with Gasteiger partial charge in [-0.15, -0.1) is 10.2 Å². The van der Waals surface area contributed by atoms with Crippen LogP contribution in [-0.4, -0.2) is 33.0 Å². The topological polar surface area (TPSA) is 81.9 Å². The molecule has 0 aliphatic rings. The second kappa shape index (κ2) is 9.05. The number of ether oxygens (including phenoxy) is 1. The van der Waals surface area contributed by atoms with Crippen molar-refractivity contribution in [2.75, 3.05) is 12.4 Å². The summed E-state index contributed by atoms with van der Waals surface area (Å²) >= 11 is 1.45. The average molecular weight is 454 g/mol. The second-order valence-electron chi connectivity index (χ2n) is 7.12. The highest BCUT2D eigenvalue weighted by Crippen LogP contribution is 2.31. The summed E-state index contributed by atoms with van der Waals surface area (Å²) in [6.07, 6.45) is 0. The van der Waals surface area contributed by atoms with Crippen LogP contribution in [0.15, 0.2) is 91.0 Å². The molecule has 0 radical (unpaired) electrons. The van der Waals surface area contributed by atoms with E-state index in [1.807, 2.05) is 72.8 Å². The van der Waals surface area contributed by atoms with Gasteiger partial charge in [-0.25, -0.2) is 4.68 Å². The van der Waals surface area contributed by atoms with Gasteiger partial charge in [0.05, 0.1) is 12.8 Å². The van der Waals surface area contributed by atoms with Gasteiger partial charge >= 0.3 is 0 Å². The Morgan fingerprint density at radius 2 is 1.55 bits per heavy atom. The Morgan fingerprint density at radius 3 is 2.24 bits per heavy atom. The molecule has 0 bridgehead atoms. The van der Waals surface area contributed by atoms with Crippen LogP contribution in [0.5, 0.6) is 5.75 Å². The summed E-state index contributed by atoms with van der Waals surface area (Å²) in [7, 11) is 1.62. The number of benzene rings is 3. The molecular formula is C25H19N5O2S. The van der Waals surface area contributed by atoms with Crippen LogP contribution in [0.2, 0.25) is 0 Å². The van der Waals surface area contributed by atoms with Crippen LogP contribution >= 0.6 is 11.3 Å². The molecule has 7 nitrogen and oxygen atoms in total. The van der Waals surface area contributed by atoms with Crippen molar-refractivity contribution in [2.24, 2.45) is 0 Å². The van der Waals surface area contributed by atoms with Crippen LogP contribution in [0, 0.1) is 0 Å². The lowest BCUT2D eigenvalue weighted by Crippen LogP contribution is -2.15. The lowest BCUT2D eigenvalue weighted by Gasteiger charge is -2.09. The molecule has 0 aliphatic carbocycles. The van der Waals surface area contributed by atoms with Crippen molar-refractivity contribution in [3.8, 4) is 32.7 Å². The van der Waals surface area contributed by atoms with Crippen molar-refractivity contribution >= 4 is 23.1 Å². The molecule has 5 rings (SSSR count). The van der Waals surface area contributed by atoms with E-state index in [4.69, 9.17) is 9.84 Å². The molecule has 0 spiro atoms. The number of carbonyl (C=O) groups excluding carboxylic acids is 1. The SMILES string of the molecule is COc1ccc(-n2nc(-c3nnc(-c4ccccc4)s3)cc2NC(=O)c2ccccc2)cc1. The summed E-state index contributed by atoms with van der Waals surface area (Å²) in [4.78, 5) is 12.8. The first kappa shape index (κ1) is 20.6. The fourth-order valence-electron chi connectivity index (χ4n) is 3.30. The zero-order valence-electron chi connectivity index (χ0n) is 17.7. The summed E-state index contributed by atoms with van der Waals surface area (Å²) in [6, 6.07) is 28.2. The highest BCUT2D eigenvalue weighted by atomic mass is 32.1. The molecule has 0 unspecified atom stereocenters. The molecule has 1 N–H and O–H groups in total. The first-order valence-corrected chi connectivity index (χ1v) is 11.0. The maximum absolute atomic E-state index is 12.8. The summed E-state index contributed by atoms with van der Waals surface area (Å²) in [5.41, 5.74) is 2.95. The summed E-state index contributed by atoms with van der Waals surface area (Å²) in [6.45, 7) is 0. The van der Waals surface area contributed by atoms with Crippen LogP contribution in [0.4, 0.5) is 5.82 Å². The first-order valence-electron chi connectivity index (χ1n) is 10.2. The molecular weight excluding hydrogens is 434 g/mol. The van der Waals surface area contributed by atoms with E-state index in [2.05, 4.69) is 15.5 Å². The number of nitrogens with one attached hydrogen (secondary N) is 1. The molecule has 2 heterocycles. The molecule has 0 atom stereocenters. The van der Waals surface area contributed by atoms with Gasteiger partial charge < -0.3 is 10.1 Å². The van der Waals surface area contributed by atoms with Gasteiger partial charge in [-0.3, -0.25) is 4.79 Å². The van der Waals surface area contributed by atoms with E-state index < -0.39 is 0 Å². The minimum Gasteiger partial charge on any atom is -0.497 e. The standard InChI is InChI=1S/C25H19N5O2S/c1-32-20-14-12-19(13-15-20)30-22(26-23(31)17-8-4-2-5-9-17)16-21(29-30)25-28-27-24(33-25)18-10-6-3-7-11-18/h2-16H,1H3,(H,26,31). The maximum atomic E-state index is 12.8. The van der Waals surface area contributed by atoms with Crippen LogP contribution in [0.25, 0.3) is 27.0 Å². The zero-order valence-corrected chi connectivity index (χ0v) is 18.5. The van der Waals surface area contributed by atoms with E-state index in [1.165, 1.54) is 11.3 Å². The van der Waals surface area contributed by atoms with Gasteiger partial charge in [-0.05, 0) is 36.4 Å². The number of hydrogen-bond acceptors (Lipinski definition) is 6. The maximum Gasteiger partial charge on any atom is 0.256 e. The fourth-order valence-corrected chi connectivity index (χ4v) is 4.10. The predicted molar refractivity (Wildman–Crippen MR) is 129 cm³/mol. The average Bonchev–Trinajstić information content (AvgIpc) is 3.53. The van der Waals surface area contributed by atoms with Crippen LogP contribution < -0.4 is 10.1 Å². The summed E-state index contributed by atoms with van der Waals surface area (Å²) < 4.78 is 6.94. The fraction of sp³-hybridized carbons (Fsp3) is 0.0400.